The van der Waals surface area contributed by atoms with E-state index in [0.29, 0.717) is 5.89 Å². The topological polar surface area (TPSA) is 60.2 Å². The van der Waals surface area contributed by atoms with Gasteiger partial charge in [-0.05, 0) is 50.4 Å². The van der Waals surface area contributed by atoms with Gasteiger partial charge < -0.3 is 14.6 Å². The molecule has 1 aliphatic heterocycles. The van der Waals surface area contributed by atoms with E-state index < -0.39 is 11.7 Å². The van der Waals surface area contributed by atoms with Crippen LogP contribution in [0.1, 0.15) is 75.8 Å². The average molecular weight is 438 g/mol. The van der Waals surface area contributed by atoms with Gasteiger partial charge in [-0.15, -0.1) is 0 Å². The fraction of sp³-hybridized carbons (Fsp3) is 0.565. The van der Waals surface area contributed by atoms with Crippen molar-refractivity contribution in [2.24, 2.45) is 0 Å². The Morgan fingerprint density at radius 1 is 1.19 bits per heavy atom. The summed E-state index contributed by atoms with van der Waals surface area (Å²) in [6, 6.07) is 3.83. The lowest BCUT2D eigenvalue weighted by atomic mass is 10.1. The molecule has 0 aliphatic carbocycles. The standard InChI is InChI=1S/C23H30F3N3O2/c1-2-3-4-5-6-7-8-9-15-30-20-13-12-17(16-18(20)23(24,25)26)21-28-22(31-29-21)19-11-10-14-27-19/h8-9,12-13,16,19,27H,2-7,10-11,14-15H2,1H3/b9-8+/t19-/m0/s1. The van der Waals surface area contributed by atoms with Crippen molar-refractivity contribution < 1.29 is 22.4 Å². The zero-order valence-electron chi connectivity index (χ0n) is 17.9. The van der Waals surface area contributed by atoms with Gasteiger partial charge in [0.2, 0.25) is 11.7 Å². The van der Waals surface area contributed by atoms with E-state index in [2.05, 4.69) is 22.4 Å². The molecule has 0 saturated carbocycles. The van der Waals surface area contributed by atoms with Crippen LogP contribution in [0.15, 0.2) is 34.9 Å². The monoisotopic (exact) mass is 437 g/mol. The highest BCUT2D eigenvalue weighted by molar-refractivity contribution is 5.59. The van der Waals surface area contributed by atoms with Gasteiger partial charge in [0, 0.05) is 5.56 Å². The molecule has 1 aromatic carbocycles. The molecule has 5 nitrogen and oxygen atoms in total. The first-order chi connectivity index (χ1) is 15.0. The van der Waals surface area contributed by atoms with Crippen LogP contribution >= 0.6 is 0 Å². The molecule has 170 valence electrons. The quantitative estimate of drug-likeness (QED) is 0.322. The number of nitrogens with one attached hydrogen (secondary N) is 1. The number of hydrogen-bond acceptors (Lipinski definition) is 5. The first kappa shape index (κ1) is 23.3. The summed E-state index contributed by atoms with van der Waals surface area (Å²) in [6.07, 6.45) is 7.90. The maximum atomic E-state index is 13.6. The molecular weight excluding hydrogens is 407 g/mol. The van der Waals surface area contributed by atoms with Crippen LogP contribution in [0.25, 0.3) is 11.4 Å². The van der Waals surface area contributed by atoms with E-state index in [0.717, 1.165) is 38.3 Å². The minimum Gasteiger partial charge on any atom is -0.489 e. The molecule has 1 aliphatic rings. The number of halogens is 3. The van der Waals surface area contributed by atoms with Crippen LogP contribution < -0.4 is 10.1 Å². The highest BCUT2D eigenvalue weighted by atomic mass is 19.4. The van der Waals surface area contributed by atoms with Gasteiger partial charge in [0.05, 0.1) is 11.6 Å². The van der Waals surface area contributed by atoms with Crippen molar-refractivity contribution in [3.8, 4) is 17.1 Å². The average Bonchev–Trinajstić information content (AvgIpc) is 3.44. The lowest BCUT2D eigenvalue weighted by Gasteiger charge is -2.14. The highest BCUT2D eigenvalue weighted by Crippen LogP contribution is 2.38. The molecule has 31 heavy (non-hydrogen) atoms. The third-order valence-electron chi connectivity index (χ3n) is 5.32. The second-order valence-electron chi connectivity index (χ2n) is 7.80. The smallest absolute Gasteiger partial charge is 0.419 e. The second-order valence-corrected chi connectivity index (χ2v) is 7.80. The maximum Gasteiger partial charge on any atom is 0.419 e. The number of alkyl halides is 3. The molecule has 0 spiro atoms. The third kappa shape index (κ3) is 6.82. The first-order valence-electron chi connectivity index (χ1n) is 11.1. The fourth-order valence-corrected chi connectivity index (χ4v) is 3.60. The van der Waals surface area contributed by atoms with Gasteiger partial charge in [0.1, 0.15) is 12.4 Å². The Balaban J connectivity index is 1.61. The summed E-state index contributed by atoms with van der Waals surface area (Å²) in [5, 5.41) is 7.09. The normalized spacial score (nSPS) is 17.0. The molecule has 0 bridgehead atoms. The predicted octanol–water partition coefficient (Wildman–Crippen LogP) is 6.48. The zero-order valence-corrected chi connectivity index (χ0v) is 17.9. The van der Waals surface area contributed by atoms with Crippen LogP contribution in [0.5, 0.6) is 5.75 Å². The van der Waals surface area contributed by atoms with E-state index in [1.54, 1.807) is 6.08 Å². The second kappa shape index (κ2) is 11.3. The van der Waals surface area contributed by atoms with Gasteiger partial charge in [-0.25, -0.2) is 0 Å². The van der Waals surface area contributed by atoms with E-state index in [-0.39, 0.29) is 29.8 Å². The van der Waals surface area contributed by atoms with Crippen LogP contribution in [0.3, 0.4) is 0 Å². The van der Waals surface area contributed by atoms with E-state index in [1.807, 2.05) is 6.08 Å². The van der Waals surface area contributed by atoms with Gasteiger partial charge >= 0.3 is 6.18 Å². The molecule has 2 heterocycles. The number of allylic oxidation sites excluding steroid dienone is 1. The number of aromatic nitrogens is 2. The number of benzene rings is 1. The first-order valence-corrected chi connectivity index (χ1v) is 11.1. The molecule has 1 atom stereocenters. The summed E-state index contributed by atoms with van der Waals surface area (Å²) in [7, 11) is 0. The SMILES string of the molecule is CCCCCCC/C=C/COc1ccc(-c2noc([C@@H]3CCCN3)n2)cc1C(F)(F)F. The van der Waals surface area contributed by atoms with Gasteiger partial charge in [0.25, 0.3) is 0 Å². The lowest BCUT2D eigenvalue weighted by Crippen LogP contribution is -2.13. The van der Waals surface area contributed by atoms with Crippen molar-refractivity contribution >= 4 is 0 Å². The van der Waals surface area contributed by atoms with Crippen molar-refractivity contribution in [2.45, 2.75) is 70.5 Å². The summed E-state index contributed by atoms with van der Waals surface area (Å²) < 4.78 is 51.5. The minimum absolute atomic E-state index is 0.0376. The molecule has 1 aromatic heterocycles. The summed E-state index contributed by atoms with van der Waals surface area (Å²) in [4.78, 5) is 4.28. The molecule has 1 saturated heterocycles. The largest absolute Gasteiger partial charge is 0.489 e. The van der Waals surface area contributed by atoms with Crippen LogP contribution in [0, 0.1) is 0 Å². The molecule has 1 N–H and O–H groups in total. The van der Waals surface area contributed by atoms with E-state index in [1.165, 1.54) is 37.8 Å². The van der Waals surface area contributed by atoms with Gasteiger partial charge in [-0.1, -0.05) is 49.9 Å². The number of hydrogen-bond donors (Lipinski definition) is 1. The van der Waals surface area contributed by atoms with Crippen molar-refractivity contribution in [1.82, 2.24) is 15.5 Å². The van der Waals surface area contributed by atoms with E-state index >= 15 is 0 Å². The molecule has 1 fully saturated rings. The Bertz CT molecular complexity index is 843. The third-order valence-corrected chi connectivity index (χ3v) is 5.32. The maximum absolute atomic E-state index is 13.6. The Hall–Kier alpha value is -2.35. The molecule has 0 amide bonds. The minimum atomic E-state index is -4.55. The van der Waals surface area contributed by atoms with Gasteiger partial charge in [0.15, 0.2) is 0 Å². The van der Waals surface area contributed by atoms with Crippen LogP contribution in [-0.4, -0.2) is 23.3 Å². The van der Waals surface area contributed by atoms with Crippen LogP contribution in [0.4, 0.5) is 13.2 Å². The van der Waals surface area contributed by atoms with Crippen LogP contribution in [-0.2, 0) is 6.18 Å². The summed E-state index contributed by atoms with van der Waals surface area (Å²) in [5.41, 5.74) is -0.599. The Labute approximate surface area is 181 Å². The number of ether oxygens (including phenoxy) is 1. The summed E-state index contributed by atoms with van der Waals surface area (Å²) in [5.74, 6) is 0.343. The fourth-order valence-electron chi connectivity index (χ4n) is 3.60. The van der Waals surface area contributed by atoms with Gasteiger partial charge in [-0.3, -0.25) is 0 Å². The zero-order chi connectivity index (χ0) is 22.1. The summed E-state index contributed by atoms with van der Waals surface area (Å²) in [6.45, 7) is 3.13. The highest BCUT2D eigenvalue weighted by Gasteiger charge is 2.35. The van der Waals surface area contributed by atoms with E-state index in [4.69, 9.17) is 9.26 Å². The van der Waals surface area contributed by atoms with Crippen molar-refractivity contribution in [3.05, 3.63) is 41.8 Å². The molecular formula is C23H30F3N3O2. The van der Waals surface area contributed by atoms with Crippen molar-refractivity contribution in [2.75, 3.05) is 13.2 Å². The number of nitrogens with zero attached hydrogens (tertiary/aromatic N) is 2. The molecule has 2 aromatic rings. The van der Waals surface area contributed by atoms with Crippen LogP contribution in [0.2, 0.25) is 0 Å². The van der Waals surface area contributed by atoms with Crippen molar-refractivity contribution in [3.63, 3.8) is 0 Å². The predicted molar refractivity (Wildman–Crippen MR) is 113 cm³/mol. The Kier molecular flexibility index (Phi) is 8.51. The molecule has 3 rings (SSSR count). The molecule has 0 unspecified atom stereocenters. The van der Waals surface area contributed by atoms with Gasteiger partial charge in [-0.2, -0.15) is 18.2 Å². The lowest BCUT2D eigenvalue weighted by molar-refractivity contribution is -0.138. The van der Waals surface area contributed by atoms with E-state index in [9.17, 15) is 13.2 Å². The molecule has 0 radical (unpaired) electrons. The Morgan fingerprint density at radius 3 is 2.77 bits per heavy atom. The number of unbranched alkanes of at least 4 members (excludes halogenated alkanes) is 5. The van der Waals surface area contributed by atoms with Crippen molar-refractivity contribution in [1.29, 1.82) is 0 Å². The molecule has 8 heteroatoms. The number of rotatable bonds is 11. The Morgan fingerprint density at radius 2 is 2.03 bits per heavy atom. The summed E-state index contributed by atoms with van der Waals surface area (Å²) >= 11 is 0.